The molecule has 10 heavy (non-hydrogen) atoms. The summed E-state index contributed by atoms with van der Waals surface area (Å²) in [6, 6.07) is 3.40. The zero-order valence-electron chi connectivity index (χ0n) is 5.03. The molecule has 0 unspecified atom stereocenters. The summed E-state index contributed by atoms with van der Waals surface area (Å²) in [4.78, 5) is 3.73. The summed E-state index contributed by atoms with van der Waals surface area (Å²) in [5, 5.41) is 17.3. The Hall–Kier alpha value is -0.385. The molecule has 3 nitrogen and oxygen atoms in total. The Bertz CT molecular complexity index is 231. The summed E-state index contributed by atoms with van der Waals surface area (Å²) in [7, 11) is -1.50. The molecule has 1 aromatic heterocycles. The van der Waals surface area contributed by atoms with E-state index in [4.69, 9.17) is 10.0 Å². The standard InChI is InChI=1S/C5H5BBrNO2/c7-4-2-1-3-8-5(4)6(9)10/h1-3,9-10H. The molecule has 0 aromatic carbocycles. The molecule has 0 radical (unpaired) electrons. The Labute approximate surface area is 67.0 Å². The van der Waals surface area contributed by atoms with E-state index in [2.05, 4.69) is 20.9 Å². The van der Waals surface area contributed by atoms with Gasteiger partial charge in [0.1, 0.15) is 0 Å². The predicted octanol–water partition coefficient (Wildman–Crippen LogP) is -0.476. The van der Waals surface area contributed by atoms with E-state index in [0.29, 0.717) is 4.47 Å². The van der Waals surface area contributed by atoms with Gasteiger partial charge in [0.15, 0.2) is 0 Å². The topological polar surface area (TPSA) is 53.4 Å². The third kappa shape index (κ3) is 1.56. The molecule has 2 N–H and O–H groups in total. The molecule has 0 saturated heterocycles. The fourth-order valence-corrected chi connectivity index (χ4v) is 1.05. The third-order valence-corrected chi connectivity index (χ3v) is 1.70. The van der Waals surface area contributed by atoms with E-state index in [1.807, 2.05) is 0 Å². The first-order valence-electron chi connectivity index (χ1n) is 2.68. The maximum atomic E-state index is 8.67. The van der Waals surface area contributed by atoms with Crippen LogP contribution in [0.4, 0.5) is 0 Å². The van der Waals surface area contributed by atoms with Gasteiger partial charge in [-0.1, -0.05) is 0 Å². The summed E-state index contributed by atoms with van der Waals surface area (Å²) >= 11 is 3.11. The summed E-state index contributed by atoms with van der Waals surface area (Å²) in [6.45, 7) is 0. The third-order valence-electron chi connectivity index (χ3n) is 1.03. The summed E-state index contributed by atoms with van der Waals surface area (Å²) < 4.78 is 0.602. The average Bonchev–Trinajstić information content (AvgIpc) is 1.88. The van der Waals surface area contributed by atoms with Crippen molar-refractivity contribution >= 4 is 28.6 Å². The van der Waals surface area contributed by atoms with Gasteiger partial charge in [0, 0.05) is 10.7 Å². The van der Waals surface area contributed by atoms with Crippen molar-refractivity contribution in [2.24, 2.45) is 0 Å². The maximum absolute atomic E-state index is 8.67. The summed E-state index contributed by atoms with van der Waals surface area (Å²) in [6.07, 6.45) is 1.50. The normalized spacial score (nSPS) is 9.50. The van der Waals surface area contributed by atoms with Crippen molar-refractivity contribution < 1.29 is 10.0 Å². The Morgan fingerprint density at radius 2 is 2.20 bits per heavy atom. The number of halogens is 1. The van der Waals surface area contributed by atoms with E-state index in [-0.39, 0.29) is 5.59 Å². The van der Waals surface area contributed by atoms with Gasteiger partial charge in [0.25, 0.3) is 0 Å². The van der Waals surface area contributed by atoms with E-state index in [9.17, 15) is 0 Å². The van der Waals surface area contributed by atoms with Crippen molar-refractivity contribution in [1.82, 2.24) is 4.98 Å². The first-order chi connectivity index (χ1) is 4.72. The average molecular weight is 202 g/mol. The van der Waals surface area contributed by atoms with Crippen molar-refractivity contribution in [3.05, 3.63) is 22.8 Å². The van der Waals surface area contributed by atoms with Gasteiger partial charge in [-0.3, -0.25) is 4.98 Å². The molecular weight excluding hydrogens is 197 g/mol. The molecule has 0 atom stereocenters. The first kappa shape index (κ1) is 7.72. The molecule has 0 aliphatic rings. The van der Waals surface area contributed by atoms with Crippen molar-refractivity contribution in [3.63, 3.8) is 0 Å². The van der Waals surface area contributed by atoms with E-state index in [1.165, 1.54) is 6.20 Å². The van der Waals surface area contributed by atoms with E-state index in [1.54, 1.807) is 12.1 Å². The number of hydrogen-bond donors (Lipinski definition) is 2. The minimum absolute atomic E-state index is 0.238. The molecular formula is C5H5BBrNO2. The van der Waals surface area contributed by atoms with Gasteiger partial charge in [0.2, 0.25) is 0 Å². The van der Waals surface area contributed by atoms with Crippen LogP contribution in [0.2, 0.25) is 0 Å². The quantitative estimate of drug-likeness (QED) is 0.604. The van der Waals surface area contributed by atoms with Gasteiger partial charge in [-0.15, -0.1) is 0 Å². The second-order valence-electron chi connectivity index (χ2n) is 1.74. The van der Waals surface area contributed by atoms with Crippen molar-refractivity contribution in [2.75, 3.05) is 0 Å². The molecule has 1 aromatic rings. The Balaban J connectivity index is 3.03. The second-order valence-corrected chi connectivity index (χ2v) is 2.60. The zero-order chi connectivity index (χ0) is 7.56. The summed E-state index contributed by atoms with van der Waals surface area (Å²) in [5.74, 6) is 0. The van der Waals surface area contributed by atoms with Crippen LogP contribution in [0.25, 0.3) is 0 Å². The second kappa shape index (κ2) is 3.14. The van der Waals surface area contributed by atoms with Crippen LogP contribution in [0.3, 0.4) is 0 Å². The van der Waals surface area contributed by atoms with Gasteiger partial charge in [-0.05, 0) is 28.1 Å². The zero-order valence-corrected chi connectivity index (χ0v) is 6.62. The monoisotopic (exact) mass is 201 g/mol. The first-order valence-corrected chi connectivity index (χ1v) is 3.47. The lowest BCUT2D eigenvalue weighted by Crippen LogP contribution is -2.33. The highest BCUT2D eigenvalue weighted by Crippen LogP contribution is 2.02. The fraction of sp³-hybridized carbons (Fsp3) is 0. The fourth-order valence-electron chi connectivity index (χ4n) is 0.588. The van der Waals surface area contributed by atoms with Crippen molar-refractivity contribution in [2.45, 2.75) is 0 Å². The van der Waals surface area contributed by atoms with Crippen LogP contribution in [-0.4, -0.2) is 22.2 Å². The minimum atomic E-state index is -1.50. The van der Waals surface area contributed by atoms with Gasteiger partial charge in [0.05, 0.1) is 5.59 Å². The lowest BCUT2D eigenvalue weighted by Gasteiger charge is -1.98. The smallest absolute Gasteiger partial charge is 0.422 e. The molecule has 0 aliphatic carbocycles. The highest BCUT2D eigenvalue weighted by atomic mass is 79.9. The largest absolute Gasteiger partial charge is 0.509 e. The molecule has 0 aliphatic heterocycles. The Kier molecular flexibility index (Phi) is 2.42. The maximum Gasteiger partial charge on any atom is 0.509 e. The van der Waals surface area contributed by atoms with Gasteiger partial charge < -0.3 is 10.0 Å². The Morgan fingerprint density at radius 3 is 2.60 bits per heavy atom. The molecule has 0 bridgehead atoms. The molecule has 0 amide bonds. The van der Waals surface area contributed by atoms with Crippen LogP contribution in [0.5, 0.6) is 0 Å². The van der Waals surface area contributed by atoms with E-state index < -0.39 is 7.12 Å². The van der Waals surface area contributed by atoms with Gasteiger partial charge >= 0.3 is 7.12 Å². The van der Waals surface area contributed by atoms with Crippen LogP contribution in [0, 0.1) is 0 Å². The van der Waals surface area contributed by atoms with Crippen LogP contribution >= 0.6 is 15.9 Å². The molecule has 0 fully saturated rings. The highest BCUT2D eigenvalue weighted by Gasteiger charge is 2.14. The number of pyridine rings is 1. The number of aromatic nitrogens is 1. The number of hydrogen-bond acceptors (Lipinski definition) is 3. The lowest BCUT2D eigenvalue weighted by molar-refractivity contribution is 0.424. The molecule has 0 saturated carbocycles. The van der Waals surface area contributed by atoms with Gasteiger partial charge in [-0.25, -0.2) is 0 Å². The van der Waals surface area contributed by atoms with Crippen LogP contribution in [-0.2, 0) is 0 Å². The number of rotatable bonds is 1. The molecule has 52 valence electrons. The van der Waals surface area contributed by atoms with Crippen molar-refractivity contribution in [3.8, 4) is 0 Å². The van der Waals surface area contributed by atoms with Crippen LogP contribution in [0.15, 0.2) is 22.8 Å². The molecule has 1 rings (SSSR count). The van der Waals surface area contributed by atoms with Crippen molar-refractivity contribution in [1.29, 1.82) is 0 Å². The highest BCUT2D eigenvalue weighted by molar-refractivity contribution is 9.10. The lowest BCUT2D eigenvalue weighted by atomic mass is 9.86. The van der Waals surface area contributed by atoms with E-state index in [0.717, 1.165) is 0 Å². The molecule has 0 spiro atoms. The van der Waals surface area contributed by atoms with Crippen LogP contribution in [0.1, 0.15) is 0 Å². The Morgan fingerprint density at radius 1 is 1.50 bits per heavy atom. The minimum Gasteiger partial charge on any atom is -0.422 e. The predicted molar refractivity (Wildman–Crippen MR) is 41.8 cm³/mol. The molecule has 5 heteroatoms. The molecule has 1 heterocycles. The van der Waals surface area contributed by atoms with Gasteiger partial charge in [-0.2, -0.15) is 0 Å². The van der Waals surface area contributed by atoms with Crippen LogP contribution < -0.4 is 5.59 Å². The van der Waals surface area contributed by atoms with E-state index >= 15 is 0 Å². The number of nitrogens with zero attached hydrogens (tertiary/aromatic N) is 1. The SMILES string of the molecule is OB(O)c1ncccc1Br. The summed E-state index contributed by atoms with van der Waals surface area (Å²) in [5.41, 5.74) is 0.238.